The Bertz CT molecular complexity index is 439. The summed E-state index contributed by atoms with van der Waals surface area (Å²) >= 11 is 0. The first-order chi connectivity index (χ1) is 8.33. The van der Waals surface area contributed by atoms with E-state index in [-0.39, 0.29) is 23.8 Å². The number of carbonyl (C=O) groups excluding carboxylic acids is 1. The number of hydrogen-bond acceptors (Lipinski definition) is 3. The number of esters is 1. The van der Waals surface area contributed by atoms with Gasteiger partial charge < -0.3 is 4.74 Å². The van der Waals surface area contributed by atoms with E-state index in [0.717, 1.165) is 5.56 Å². The second-order valence-electron chi connectivity index (χ2n) is 5.03. The molecule has 0 heterocycles. The minimum atomic E-state index is -0.583. The lowest BCUT2D eigenvalue weighted by Gasteiger charge is -2.22. The van der Waals surface area contributed by atoms with Gasteiger partial charge in [0.1, 0.15) is 6.23 Å². The van der Waals surface area contributed by atoms with E-state index >= 15 is 0 Å². The maximum Gasteiger partial charge on any atom is 0.334 e. The Hall–Kier alpha value is -1.32. The summed E-state index contributed by atoms with van der Waals surface area (Å²) in [6, 6.07) is 10.0. The van der Waals surface area contributed by atoms with E-state index in [1.807, 2.05) is 36.4 Å². The highest BCUT2D eigenvalue weighted by Crippen LogP contribution is 2.26. The van der Waals surface area contributed by atoms with E-state index < -0.39 is 6.23 Å². The van der Waals surface area contributed by atoms with Crippen LogP contribution in [0.4, 0.5) is 0 Å². The molecule has 0 aromatic heterocycles. The lowest BCUT2D eigenvalue weighted by atomic mass is 9.83. The van der Waals surface area contributed by atoms with Crippen LogP contribution in [-0.4, -0.2) is 12.2 Å². The van der Waals surface area contributed by atoms with Gasteiger partial charge in [-0.25, -0.2) is 4.79 Å². The van der Waals surface area contributed by atoms with Crippen molar-refractivity contribution < 1.29 is 9.53 Å². The van der Waals surface area contributed by atoms with Crippen LogP contribution in [0.5, 0.6) is 0 Å². The van der Waals surface area contributed by atoms with Gasteiger partial charge >= 0.3 is 5.97 Å². The van der Waals surface area contributed by atoms with E-state index in [2.05, 4.69) is 13.8 Å². The topological polar surface area (TPSA) is 52.3 Å². The monoisotopic (exact) mass is 283 g/mol. The van der Waals surface area contributed by atoms with Crippen molar-refractivity contribution in [3.8, 4) is 0 Å². The molecule has 2 N–H and O–H groups in total. The van der Waals surface area contributed by atoms with Crippen LogP contribution in [0.2, 0.25) is 0 Å². The summed E-state index contributed by atoms with van der Waals surface area (Å²) in [6.45, 7) is 7.50. The third-order valence-electron chi connectivity index (χ3n) is 2.71. The molecule has 0 spiro atoms. The number of nitrogens with two attached hydrogens (primary N) is 1. The van der Waals surface area contributed by atoms with Crippen molar-refractivity contribution in [2.24, 2.45) is 5.73 Å². The number of hydrogen-bond donors (Lipinski definition) is 1. The minimum absolute atomic E-state index is 0. The van der Waals surface area contributed by atoms with Crippen LogP contribution in [0, 0.1) is 0 Å². The number of rotatable bonds is 4. The van der Waals surface area contributed by atoms with Gasteiger partial charge in [0, 0.05) is 11.0 Å². The summed E-state index contributed by atoms with van der Waals surface area (Å²) < 4.78 is 4.96. The molecule has 1 rings (SSSR count). The average Bonchev–Trinajstić information content (AvgIpc) is 2.28. The Balaban J connectivity index is 0.00000324. The van der Waals surface area contributed by atoms with E-state index in [4.69, 9.17) is 10.5 Å². The zero-order chi connectivity index (χ0) is 13.8. The number of ether oxygens (including phenoxy) is 1. The van der Waals surface area contributed by atoms with Gasteiger partial charge in [0.2, 0.25) is 0 Å². The molecule has 0 fully saturated rings. The van der Waals surface area contributed by atoms with Gasteiger partial charge in [0.05, 0.1) is 0 Å². The van der Waals surface area contributed by atoms with Crippen molar-refractivity contribution >= 4 is 18.4 Å². The maximum atomic E-state index is 11.7. The predicted octanol–water partition coefficient (Wildman–Crippen LogP) is 3.18. The molecule has 3 nitrogen and oxygen atoms in total. The summed E-state index contributed by atoms with van der Waals surface area (Å²) in [4.78, 5) is 11.7. The maximum absolute atomic E-state index is 11.7. The van der Waals surface area contributed by atoms with E-state index in [0.29, 0.717) is 5.57 Å². The lowest BCUT2D eigenvalue weighted by molar-refractivity contribution is -0.143. The molecule has 1 aromatic carbocycles. The van der Waals surface area contributed by atoms with Crippen LogP contribution in [0.25, 0.3) is 0 Å². The minimum Gasteiger partial charge on any atom is -0.444 e. The van der Waals surface area contributed by atoms with E-state index in [1.54, 1.807) is 13.8 Å². The van der Waals surface area contributed by atoms with Crippen LogP contribution >= 0.6 is 12.4 Å². The fourth-order valence-corrected chi connectivity index (χ4v) is 1.81. The molecule has 1 unspecified atom stereocenters. The summed E-state index contributed by atoms with van der Waals surface area (Å²) in [7, 11) is 0. The van der Waals surface area contributed by atoms with Crippen LogP contribution in [0.1, 0.15) is 33.3 Å². The number of carbonyl (C=O) groups is 1. The lowest BCUT2D eigenvalue weighted by Crippen LogP contribution is -2.25. The molecule has 19 heavy (non-hydrogen) atoms. The molecule has 106 valence electrons. The van der Waals surface area contributed by atoms with Gasteiger partial charge in [-0.15, -0.1) is 12.4 Å². The Morgan fingerprint density at radius 2 is 1.84 bits per heavy atom. The zero-order valence-corrected chi connectivity index (χ0v) is 12.7. The Labute approximate surface area is 121 Å². The molecule has 0 saturated heterocycles. The van der Waals surface area contributed by atoms with E-state index in [1.165, 1.54) is 0 Å². The number of halogens is 1. The summed E-state index contributed by atoms with van der Waals surface area (Å²) in [5.74, 6) is -0.367. The summed E-state index contributed by atoms with van der Waals surface area (Å²) in [5.41, 5.74) is 6.94. The molecule has 0 saturated carbocycles. The molecular weight excluding hydrogens is 262 g/mol. The van der Waals surface area contributed by atoms with Crippen molar-refractivity contribution in [3.63, 3.8) is 0 Å². The number of allylic oxidation sites excluding steroid dienone is 1. The molecule has 4 heteroatoms. The largest absolute Gasteiger partial charge is 0.444 e. The molecule has 0 aliphatic carbocycles. The standard InChI is InChI=1S/C15H21NO2.ClH/c1-11(14(17)18-12(2)16)10-15(3,4)13-8-6-5-7-9-13;/h5-10,12H,16H2,1-4H3;1H. The van der Waals surface area contributed by atoms with Crippen molar-refractivity contribution in [2.45, 2.75) is 39.3 Å². The van der Waals surface area contributed by atoms with Crippen molar-refractivity contribution in [1.29, 1.82) is 0 Å². The highest BCUT2D eigenvalue weighted by molar-refractivity contribution is 5.88. The highest BCUT2D eigenvalue weighted by Gasteiger charge is 2.20. The highest BCUT2D eigenvalue weighted by atomic mass is 35.5. The van der Waals surface area contributed by atoms with Crippen LogP contribution < -0.4 is 5.73 Å². The first kappa shape index (κ1) is 17.7. The predicted molar refractivity (Wildman–Crippen MR) is 80.2 cm³/mol. The van der Waals surface area contributed by atoms with E-state index in [9.17, 15) is 4.79 Å². The third-order valence-corrected chi connectivity index (χ3v) is 2.71. The summed E-state index contributed by atoms with van der Waals surface area (Å²) in [5, 5.41) is 0. The van der Waals surface area contributed by atoms with Gasteiger partial charge in [-0.3, -0.25) is 5.73 Å². The quantitative estimate of drug-likeness (QED) is 0.524. The molecule has 0 aliphatic rings. The molecular formula is C15H22ClNO2. The molecule has 0 bridgehead atoms. The Kier molecular flexibility index (Phi) is 6.81. The second kappa shape index (κ2) is 7.31. The Morgan fingerprint density at radius 1 is 1.32 bits per heavy atom. The Morgan fingerprint density at radius 3 is 2.32 bits per heavy atom. The van der Waals surface area contributed by atoms with Crippen LogP contribution in [0.15, 0.2) is 42.0 Å². The molecule has 1 aromatic rings. The van der Waals surface area contributed by atoms with Crippen molar-refractivity contribution in [1.82, 2.24) is 0 Å². The summed E-state index contributed by atoms with van der Waals surface area (Å²) in [6.07, 6.45) is 1.33. The van der Waals surface area contributed by atoms with Gasteiger partial charge in [-0.2, -0.15) is 0 Å². The molecule has 1 atom stereocenters. The third kappa shape index (κ3) is 5.45. The van der Waals surface area contributed by atoms with Gasteiger partial charge in [0.25, 0.3) is 0 Å². The van der Waals surface area contributed by atoms with Crippen LogP contribution in [0.3, 0.4) is 0 Å². The first-order valence-electron chi connectivity index (χ1n) is 6.04. The van der Waals surface area contributed by atoms with Gasteiger partial charge in [-0.05, 0) is 19.4 Å². The number of benzene rings is 1. The van der Waals surface area contributed by atoms with Crippen molar-refractivity contribution in [2.75, 3.05) is 0 Å². The van der Waals surface area contributed by atoms with Crippen LogP contribution in [-0.2, 0) is 14.9 Å². The average molecular weight is 284 g/mol. The molecule has 0 radical (unpaired) electrons. The first-order valence-corrected chi connectivity index (χ1v) is 6.04. The molecule has 0 amide bonds. The second-order valence-corrected chi connectivity index (χ2v) is 5.03. The van der Waals surface area contributed by atoms with Gasteiger partial charge in [-0.1, -0.05) is 50.3 Å². The fourth-order valence-electron chi connectivity index (χ4n) is 1.81. The van der Waals surface area contributed by atoms with Crippen molar-refractivity contribution in [3.05, 3.63) is 47.5 Å². The normalized spacial score (nSPS) is 13.4. The smallest absolute Gasteiger partial charge is 0.334 e. The SMILES string of the molecule is CC(=CC(C)(C)c1ccccc1)C(=O)OC(C)N.Cl. The fraction of sp³-hybridized carbons (Fsp3) is 0.400. The molecule has 0 aliphatic heterocycles. The zero-order valence-electron chi connectivity index (χ0n) is 11.8. The van der Waals surface area contributed by atoms with Gasteiger partial charge in [0.15, 0.2) is 0 Å².